The minimum Gasteiger partial charge on any atom is -0.462 e. The normalized spacial score (nSPS) is 10.2. The van der Waals surface area contributed by atoms with E-state index in [1.165, 1.54) is 0 Å². The molecule has 6 nitrogen and oxygen atoms in total. The number of hydrogen-bond acceptors (Lipinski definition) is 5. The Balaban J connectivity index is 2.31. The molecule has 1 aromatic carbocycles. The van der Waals surface area contributed by atoms with Crippen LogP contribution in [-0.2, 0) is 4.74 Å². The van der Waals surface area contributed by atoms with E-state index < -0.39 is 5.97 Å². The SMILES string of the molecule is CCOC(=O)c1c(Nc2ccccc2Cl)n[nH]c1N. The van der Waals surface area contributed by atoms with Gasteiger partial charge in [-0.2, -0.15) is 5.10 Å². The zero-order chi connectivity index (χ0) is 13.8. The van der Waals surface area contributed by atoms with Crippen LogP contribution in [0.3, 0.4) is 0 Å². The Morgan fingerprint density at radius 2 is 2.26 bits per heavy atom. The first kappa shape index (κ1) is 13.2. The van der Waals surface area contributed by atoms with E-state index in [1.54, 1.807) is 25.1 Å². The molecule has 0 atom stereocenters. The molecule has 0 unspecified atom stereocenters. The van der Waals surface area contributed by atoms with E-state index in [1.807, 2.05) is 6.07 Å². The van der Waals surface area contributed by atoms with Crippen LogP contribution in [0.5, 0.6) is 0 Å². The molecule has 7 heteroatoms. The second kappa shape index (κ2) is 5.62. The van der Waals surface area contributed by atoms with Crippen LogP contribution in [0.1, 0.15) is 17.3 Å². The Labute approximate surface area is 114 Å². The smallest absolute Gasteiger partial charge is 0.345 e. The highest BCUT2D eigenvalue weighted by molar-refractivity contribution is 6.33. The predicted molar refractivity (Wildman–Crippen MR) is 73.7 cm³/mol. The number of hydrogen-bond donors (Lipinski definition) is 3. The summed E-state index contributed by atoms with van der Waals surface area (Å²) >= 11 is 6.03. The van der Waals surface area contributed by atoms with Crippen LogP contribution in [0.2, 0.25) is 5.02 Å². The number of ether oxygens (including phenoxy) is 1. The minimum atomic E-state index is -0.539. The highest BCUT2D eigenvalue weighted by Crippen LogP contribution is 2.27. The average Bonchev–Trinajstić information content (AvgIpc) is 2.74. The number of rotatable bonds is 4. The van der Waals surface area contributed by atoms with Crippen molar-refractivity contribution in [1.82, 2.24) is 10.2 Å². The van der Waals surface area contributed by atoms with E-state index in [0.29, 0.717) is 10.7 Å². The summed E-state index contributed by atoms with van der Waals surface area (Å²) in [4.78, 5) is 11.8. The second-order valence-corrected chi connectivity index (χ2v) is 4.09. The monoisotopic (exact) mass is 280 g/mol. The van der Waals surface area contributed by atoms with Gasteiger partial charge in [0.1, 0.15) is 11.4 Å². The zero-order valence-electron chi connectivity index (χ0n) is 10.2. The lowest BCUT2D eigenvalue weighted by atomic mass is 10.2. The molecular formula is C12H13ClN4O2. The number of aromatic amines is 1. The van der Waals surface area contributed by atoms with Crippen molar-refractivity contribution in [1.29, 1.82) is 0 Å². The van der Waals surface area contributed by atoms with Crippen molar-refractivity contribution in [2.24, 2.45) is 0 Å². The highest BCUT2D eigenvalue weighted by Gasteiger charge is 2.20. The summed E-state index contributed by atoms with van der Waals surface area (Å²) in [5.41, 5.74) is 6.47. The van der Waals surface area contributed by atoms with Crippen molar-refractivity contribution < 1.29 is 9.53 Å². The fraction of sp³-hybridized carbons (Fsp3) is 0.167. The Bertz CT molecular complexity index is 597. The number of aromatic nitrogens is 2. The van der Waals surface area contributed by atoms with Gasteiger partial charge < -0.3 is 15.8 Å². The van der Waals surface area contributed by atoms with Gasteiger partial charge in [-0.15, -0.1) is 0 Å². The van der Waals surface area contributed by atoms with Crippen LogP contribution in [0.15, 0.2) is 24.3 Å². The summed E-state index contributed by atoms with van der Waals surface area (Å²) < 4.78 is 4.92. The van der Waals surface area contributed by atoms with E-state index >= 15 is 0 Å². The van der Waals surface area contributed by atoms with E-state index in [9.17, 15) is 4.79 Å². The van der Waals surface area contributed by atoms with Crippen molar-refractivity contribution in [3.05, 3.63) is 34.9 Å². The number of H-pyrrole nitrogens is 1. The molecule has 4 N–H and O–H groups in total. The first-order valence-corrected chi connectivity index (χ1v) is 6.03. The number of carbonyl (C=O) groups is 1. The van der Waals surface area contributed by atoms with Crippen molar-refractivity contribution in [3.63, 3.8) is 0 Å². The van der Waals surface area contributed by atoms with Crippen LogP contribution < -0.4 is 11.1 Å². The molecule has 0 saturated heterocycles. The number of para-hydroxylation sites is 1. The van der Waals surface area contributed by atoms with Crippen LogP contribution >= 0.6 is 11.6 Å². The third kappa shape index (κ3) is 2.79. The Morgan fingerprint density at radius 1 is 1.53 bits per heavy atom. The van der Waals surface area contributed by atoms with Gasteiger partial charge in [0.15, 0.2) is 5.82 Å². The summed E-state index contributed by atoms with van der Waals surface area (Å²) in [5, 5.41) is 9.93. The molecule has 0 saturated carbocycles. The molecule has 0 fully saturated rings. The number of halogens is 1. The minimum absolute atomic E-state index is 0.146. The van der Waals surface area contributed by atoms with Gasteiger partial charge in [0.05, 0.1) is 17.3 Å². The van der Waals surface area contributed by atoms with Crippen molar-refractivity contribution in [3.8, 4) is 0 Å². The first-order chi connectivity index (χ1) is 9.13. The van der Waals surface area contributed by atoms with Crippen LogP contribution in [0, 0.1) is 0 Å². The number of nitrogens with two attached hydrogens (primary N) is 1. The zero-order valence-corrected chi connectivity index (χ0v) is 11.0. The number of nitrogens with one attached hydrogen (secondary N) is 2. The van der Waals surface area contributed by atoms with Crippen LogP contribution in [0.4, 0.5) is 17.3 Å². The maximum atomic E-state index is 11.8. The van der Waals surface area contributed by atoms with Crippen molar-refractivity contribution in [2.45, 2.75) is 6.92 Å². The van der Waals surface area contributed by atoms with E-state index in [4.69, 9.17) is 22.1 Å². The standard InChI is InChI=1S/C12H13ClN4O2/c1-2-19-12(18)9-10(14)16-17-11(9)15-8-6-4-3-5-7(8)13/h3-6H,2H2,1H3,(H4,14,15,16,17). The topological polar surface area (TPSA) is 93.0 Å². The van der Waals surface area contributed by atoms with Gasteiger partial charge in [0, 0.05) is 0 Å². The third-order valence-corrected chi connectivity index (χ3v) is 2.73. The van der Waals surface area contributed by atoms with Crippen LogP contribution in [-0.4, -0.2) is 22.8 Å². The third-order valence-electron chi connectivity index (χ3n) is 2.40. The Hall–Kier alpha value is -2.21. The summed E-state index contributed by atoms with van der Waals surface area (Å²) in [6, 6.07) is 7.11. The molecule has 0 aliphatic carbocycles. The number of esters is 1. The van der Waals surface area contributed by atoms with E-state index in [0.717, 1.165) is 0 Å². The van der Waals surface area contributed by atoms with Crippen molar-refractivity contribution in [2.75, 3.05) is 17.7 Å². The fourth-order valence-electron chi connectivity index (χ4n) is 1.55. The second-order valence-electron chi connectivity index (χ2n) is 3.69. The van der Waals surface area contributed by atoms with Gasteiger partial charge in [0.2, 0.25) is 0 Å². The molecule has 0 bridgehead atoms. The molecule has 0 aliphatic heterocycles. The molecule has 0 aliphatic rings. The molecule has 100 valence electrons. The molecule has 2 aromatic rings. The molecule has 1 aromatic heterocycles. The lowest BCUT2D eigenvalue weighted by molar-refractivity contribution is 0.0529. The molecular weight excluding hydrogens is 268 g/mol. The molecule has 0 spiro atoms. The lowest BCUT2D eigenvalue weighted by Gasteiger charge is -2.07. The van der Waals surface area contributed by atoms with Gasteiger partial charge >= 0.3 is 5.97 Å². The quantitative estimate of drug-likeness (QED) is 0.749. The average molecular weight is 281 g/mol. The van der Waals surface area contributed by atoms with E-state index in [-0.39, 0.29) is 23.8 Å². The molecule has 0 radical (unpaired) electrons. The maximum Gasteiger partial charge on any atom is 0.345 e. The molecule has 19 heavy (non-hydrogen) atoms. The number of benzene rings is 1. The van der Waals surface area contributed by atoms with Crippen molar-refractivity contribution >= 4 is 34.9 Å². The van der Waals surface area contributed by atoms with Crippen LogP contribution in [0.25, 0.3) is 0 Å². The Morgan fingerprint density at radius 3 is 2.95 bits per heavy atom. The summed E-state index contributed by atoms with van der Waals surface area (Å²) in [7, 11) is 0. The largest absolute Gasteiger partial charge is 0.462 e. The van der Waals surface area contributed by atoms with Gasteiger partial charge in [-0.1, -0.05) is 23.7 Å². The van der Waals surface area contributed by atoms with Gasteiger partial charge in [-0.25, -0.2) is 4.79 Å². The number of carbonyl (C=O) groups excluding carboxylic acids is 1. The predicted octanol–water partition coefficient (Wildman–Crippen LogP) is 2.57. The van der Waals surface area contributed by atoms with Gasteiger partial charge in [-0.05, 0) is 19.1 Å². The molecule has 1 heterocycles. The number of nitrogen functional groups attached to an aromatic ring is 1. The highest BCUT2D eigenvalue weighted by atomic mass is 35.5. The summed E-state index contributed by atoms with van der Waals surface area (Å²) in [6.07, 6.45) is 0. The van der Waals surface area contributed by atoms with Gasteiger partial charge in [0.25, 0.3) is 0 Å². The Kier molecular flexibility index (Phi) is 3.91. The molecule has 2 rings (SSSR count). The first-order valence-electron chi connectivity index (χ1n) is 5.66. The number of anilines is 3. The number of nitrogens with zero attached hydrogens (tertiary/aromatic N) is 1. The lowest BCUT2D eigenvalue weighted by Crippen LogP contribution is -2.09. The fourth-order valence-corrected chi connectivity index (χ4v) is 1.73. The molecule has 0 amide bonds. The van der Waals surface area contributed by atoms with Gasteiger partial charge in [-0.3, -0.25) is 5.10 Å². The maximum absolute atomic E-state index is 11.8. The summed E-state index contributed by atoms with van der Waals surface area (Å²) in [5.74, 6) is -0.111. The summed E-state index contributed by atoms with van der Waals surface area (Å²) in [6.45, 7) is 1.98. The van der Waals surface area contributed by atoms with E-state index in [2.05, 4.69) is 15.5 Å².